The van der Waals surface area contributed by atoms with Crippen LogP contribution in [0.25, 0.3) is 0 Å². The first-order valence-electron chi connectivity index (χ1n) is 6.49. The number of aliphatic hydroxyl groups is 1. The Bertz CT molecular complexity index is 606. The Hall–Kier alpha value is -1.17. The number of aromatic nitrogens is 3. The van der Waals surface area contributed by atoms with Crippen LogP contribution in [0.2, 0.25) is 10.0 Å². The number of hydrogen-bond acceptors (Lipinski definition) is 3. The van der Waals surface area contributed by atoms with Gasteiger partial charge in [0, 0.05) is 15.6 Å². The third-order valence-electron chi connectivity index (χ3n) is 3.31. The predicted octanol–water partition coefficient (Wildman–Crippen LogP) is 3.47. The Morgan fingerprint density at radius 3 is 2.62 bits per heavy atom. The Kier molecular flexibility index (Phi) is 4.86. The van der Waals surface area contributed by atoms with Gasteiger partial charge in [-0.3, -0.25) is 0 Å². The molecule has 0 radical (unpaired) electrons. The van der Waals surface area contributed by atoms with Crippen molar-refractivity contribution in [2.24, 2.45) is 5.92 Å². The first-order chi connectivity index (χ1) is 9.84. The summed E-state index contributed by atoms with van der Waals surface area (Å²) in [5, 5.41) is 15.5. The van der Waals surface area contributed by atoms with Crippen molar-refractivity contribution in [2.75, 3.05) is 0 Å². The molecule has 0 aliphatic rings. The third kappa shape index (κ3) is 3.36. The second-order valence-electron chi connectivity index (χ2n) is 5.29. The Morgan fingerprint density at radius 2 is 2.10 bits per heavy atom. The lowest BCUT2D eigenvalue weighted by atomic mass is 9.83. The molecule has 1 aromatic carbocycles. The summed E-state index contributed by atoms with van der Waals surface area (Å²) in [5.74, 6) is -0.398. The van der Waals surface area contributed by atoms with Gasteiger partial charge in [0.25, 0.3) is 0 Å². The maximum atomic E-state index is 14.7. The summed E-state index contributed by atoms with van der Waals surface area (Å²) in [6.07, 6.45) is 1.22. The summed E-state index contributed by atoms with van der Waals surface area (Å²) in [5.41, 5.74) is -1.53. The molecule has 0 aliphatic heterocycles. The first-order valence-corrected chi connectivity index (χ1v) is 7.24. The van der Waals surface area contributed by atoms with Crippen LogP contribution < -0.4 is 0 Å². The molecule has 4 nitrogen and oxygen atoms in total. The van der Waals surface area contributed by atoms with Crippen LogP contribution in [0, 0.1) is 5.92 Å². The molecule has 114 valence electrons. The number of hydrogen-bond donors (Lipinski definition) is 1. The number of alkyl halides is 1. The van der Waals surface area contributed by atoms with E-state index < -0.39 is 17.7 Å². The van der Waals surface area contributed by atoms with Gasteiger partial charge in [-0.15, -0.1) is 0 Å². The number of halogens is 3. The van der Waals surface area contributed by atoms with Gasteiger partial charge < -0.3 is 5.11 Å². The molecule has 0 bridgehead atoms. The van der Waals surface area contributed by atoms with Crippen LogP contribution in [0.5, 0.6) is 0 Å². The normalized spacial score (nSPS) is 16.0. The maximum Gasteiger partial charge on any atom is 0.142 e. The summed E-state index contributed by atoms with van der Waals surface area (Å²) in [6, 6.07) is 4.59. The van der Waals surface area contributed by atoms with Crippen molar-refractivity contribution in [3.8, 4) is 0 Å². The standard InChI is InChI=1S/C14H16Cl2FN3O/c1-9(2)13(17)14(21,6-20-8-18-7-19-20)11-4-3-10(15)5-12(11)16/h3-5,7-9,13,21H,6H2,1-2H3. The van der Waals surface area contributed by atoms with Crippen molar-refractivity contribution in [3.05, 3.63) is 46.5 Å². The third-order valence-corrected chi connectivity index (χ3v) is 3.86. The highest BCUT2D eigenvalue weighted by Gasteiger charge is 2.43. The van der Waals surface area contributed by atoms with Crippen molar-refractivity contribution in [2.45, 2.75) is 32.2 Å². The smallest absolute Gasteiger partial charge is 0.142 e. The molecule has 0 amide bonds. The van der Waals surface area contributed by atoms with E-state index >= 15 is 0 Å². The van der Waals surface area contributed by atoms with E-state index in [4.69, 9.17) is 23.2 Å². The van der Waals surface area contributed by atoms with Gasteiger partial charge in [0.05, 0.1) is 6.54 Å². The van der Waals surface area contributed by atoms with Crippen LogP contribution in [0.1, 0.15) is 19.4 Å². The van der Waals surface area contributed by atoms with Gasteiger partial charge in [-0.1, -0.05) is 43.1 Å². The molecule has 2 unspecified atom stereocenters. The van der Waals surface area contributed by atoms with Crippen molar-refractivity contribution in [1.29, 1.82) is 0 Å². The second kappa shape index (κ2) is 6.30. The minimum Gasteiger partial charge on any atom is -0.380 e. The summed E-state index contributed by atoms with van der Waals surface area (Å²) in [6.45, 7) is 3.30. The molecular formula is C14H16Cl2FN3O. The highest BCUT2D eigenvalue weighted by molar-refractivity contribution is 6.35. The molecule has 0 saturated heterocycles. The first kappa shape index (κ1) is 16.2. The zero-order valence-electron chi connectivity index (χ0n) is 11.7. The molecule has 0 saturated carbocycles. The van der Waals surface area contributed by atoms with E-state index in [0.29, 0.717) is 5.02 Å². The maximum absolute atomic E-state index is 14.7. The molecule has 2 rings (SSSR count). The molecule has 2 atom stereocenters. The summed E-state index contributed by atoms with van der Waals surface area (Å²) in [7, 11) is 0. The van der Waals surface area contributed by atoms with Crippen molar-refractivity contribution < 1.29 is 9.50 Å². The van der Waals surface area contributed by atoms with Gasteiger partial charge in [-0.05, 0) is 18.1 Å². The van der Waals surface area contributed by atoms with Gasteiger partial charge in [0.2, 0.25) is 0 Å². The number of benzene rings is 1. The number of rotatable bonds is 5. The van der Waals surface area contributed by atoms with Crippen molar-refractivity contribution >= 4 is 23.2 Å². The van der Waals surface area contributed by atoms with Gasteiger partial charge in [-0.25, -0.2) is 14.1 Å². The fourth-order valence-corrected chi connectivity index (χ4v) is 2.85. The summed E-state index contributed by atoms with van der Waals surface area (Å²) < 4.78 is 16.1. The molecule has 7 heteroatoms. The SMILES string of the molecule is CC(C)C(F)C(O)(Cn1cncn1)c1ccc(Cl)cc1Cl. The van der Waals surface area contributed by atoms with Crippen molar-refractivity contribution in [1.82, 2.24) is 14.8 Å². The van der Waals surface area contributed by atoms with E-state index in [0.717, 1.165) is 0 Å². The zero-order valence-corrected chi connectivity index (χ0v) is 13.2. The zero-order chi connectivity index (χ0) is 15.6. The molecular weight excluding hydrogens is 316 g/mol. The van der Waals surface area contributed by atoms with E-state index in [1.165, 1.54) is 29.5 Å². The average molecular weight is 332 g/mol. The van der Waals surface area contributed by atoms with Crippen molar-refractivity contribution in [3.63, 3.8) is 0 Å². The van der Waals surface area contributed by atoms with E-state index in [2.05, 4.69) is 10.1 Å². The molecule has 21 heavy (non-hydrogen) atoms. The Labute approximate surface area is 132 Å². The molecule has 0 spiro atoms. The lowest BCUT2D eigenvalue weighted by Crippen LogP contribution is -2.44. The lowest BCUT2D eigenvalue weighted by Gasteiger charge is -2.34. The second-order valence-corrected chi connectivity index (χ2v) is 6.13. The fraction of sp³-hybridized carbons (Fsp3) is 0.429. The largest absolute Gasteiger partial charge is 0.380 e. The molecule has 1 N–H and O–H groups in total. The average Bonchev–Trinajstić information content (AvgIpc) is 2.89. The number of nitrogens with zero attached hydrogens (tertiary/aromatic N) is 3. The minimum absolute atomic E-state index is 0.0896. The molecule has 2 aromatic rings. The van der Waals surface area contributed by atoms with Crippen LogP contribution in [0.4, 0.5) is 4.39 Å². The van der Waals surface area contributed by atoms with Crippen LogP contribution in [0.3, 0.4) is 0 Å². The Morgan fingerprint density at radius 1 is 1.38 bits per heavy atom. The monoisotopic (exact) mass is 331 g/mol. The quantitative estimate of drug-likeness (QED) is 0.912. The van der Waals surface area contributed by atoms with E-state index in [9.17, 15) is 9.50 Å². The van der Waals surface area contributed by atoms with E-state index in [-0.39, 0.29) is 17.1 Å². The van der Waals surface area contributed by atoms with Crippen LogP contribution in [-0.2, 0) is 12.1 Å². The van der Waals surface area contributed by atoms with Gasteiger partial charge in [-0.2, -0.15) is 5.10 Å². The molecule has 0 aliphatic carbocycles. The molecule has 1 heterocycles. The molecule has 0 fully saturated rings. The topological polar surface area (TPSA) is 50.9 Å². The van der Waals surface area contributed by atoms with E-state index in [1.54, 1.807) is 19.9 Å². The van der Waals surface area contributed by atoms with Gasteiger partial charge in [0.1, 0.15) is 24.4 Å². The fourth-order valence-electron chi connectivity index (χ4n) is 2.27. The minimum atomic E-state index is -1.82. The van der Waals surface area contributed by atoms with Crippen LogP contribution in [-0.4, -0.2) is 26.0 Å². The Balaban J connectivity index is 2.49. The van der Waals surface area contributed by atoms with E-state index in [1.807, 2.05) is 0 Å². The lowest BCUT2D eigenvalue weighted by molar-refractivity contribution is -0.0743. The highest BCUT2D eigenvalue weighted by Crippen LogP contribution is 2.38. The predicted molar refractivity (Wildman–Crippen MR) is 80.1 cm³/mol. The van der Waals surface area contributed by atoms with Crippen LogP contribution in [0.15, 0.2) is 30.9 Å². The van der Waals surface area contributed by atoms with Gasteiger partial charge in [0.15, 0.2) is 0 Å². The van der Waals surface area contributed by atoms with Gasteiger partial charge >= 0.3 is 0 Å². The molecule has 1 aromatic heterocycles. The van der Waals surface area contributed by atoms with Crippen LogP contribution >= 0.6 is 23.2 Å². The summed E-state index contributed by atoms with van der Waals surface area (Å²) >= 11 is 12.0. The highest BCUT2D eigenvalue weighted by atomic mass is 35.5. The summed E-state index contributed by atoms with van der Waals surface area (Å²) in [4.78, 5) is 3.80.